The number of hydrogen-bond acceptors (Lipinski definition) is 1. The first-order valence-electron chi connectivity index (χ1n) is 5.28. The van der Waals surface area contributed by atoms with Crippen LogP contribution in [0.4, 0.5) is 4.39 Å². The van der Waals surface area contributed by atoms with Crippen LogP contribution >= 0.6 is 15.9 Å². The number of ketones is 1. The molecule has 88 valence electrons. The van der Waals surface area contributed by atoms with Crippen molar-refractivity contribution in [1.29, 1.82) is 0 Å². The third-order valence-electron chi connectivity index (χ3n) is 2.47. The average Bonchev–Trinajstić information content (AvgIpc) is 2.17. The van der Waals surface area contributed by atoms with Crippen LogP contribution < -0.4 is 0 Å². The van der Waals surface area contributed by atoms with Gasteiger partial charge in [0.2, 0.25) is 0 Å². The highest BCUT2D eigenvalue weighted by molar-refractivity contribution is 9.10. The number of aryl methyl sites for hydroxylation is 1. The van der Waals surface area contributed by atoms with E-state index in [0.717, 1.165) is 10.0 Å². The maximum atomic E-state index is 13.0. The summed E-state index contributed by atoms with van der Waals surface area (Å²) in [5.74, 6) is -0.0648. The number of carbonyl (C=O) groups is 1. The third kappa shape index (κ3) is 3.71. The van der Waals surface area contributed by atoms with Gasteiger partial charge in [-0.1, -0.05) is 36.7 Å². The zero-order valence-corrected chi connectivity index (χ0v) is 11.4. The molecule has 0 heterocycles. The SMILES string of the molecule is CC(C)(C)C(=O)CCc1cc(F)ccc1Br. The molecule has 0 bridgehead atoms. The Hall–Kier alpha value is -0.700. The van der Waals surface area contributed by atoms with Crippen molar-refractivity contribution in [2.45, 2.75) is 33.6 Å². The molecule has 0 spiro atoms. The highest BCUT2D eigenvalue weighted by Gasteiger charge is 2.20. The molecular formula is C13H16BrFO. The van der Waals surface area contributed by atoms with Crippen molar-refractivity contribution in [3.63, 3.8) is 0 Å². The lowest BCUT2D eigenvalue weighted by Gasteiger charge is -2.16. The molecular weight excluding hydrogens is 271 g/mol. The van der Waals surface area contributed by atoms with Gasteiger partial charge in [0.1, 0.15) is 11.6 Å². The number of halogens is 2. The lowest BCUT2D eigenvalue weighted by atomic mass is 9.87. The molecule has 1 nitrogen and oxygen atoms in total. The Morgan fingerprint density at radius 1 is 1.38 bits per heavy atom. The number of rotatable bonds is 3. The van der Waals surface area contributed by atoms with Crippen LogP contribution in [0.2, 0.25) is 0 Å². The second kappa shape index (κ2) is 5.09. The van der Waals surface area contributed by atoms with Crippen molar-refractivity contribution >= 4 is 21.7 Å². The van der Waals surface area contributed by atoms with Gasteiger partial charge >= 0.3 is 0 Å². The van der Waals surface area contributed by atoms with Crippen LogP contribution in [-0.4, -0.2) is 5.78 Å². The normalized spacial score (nSPS) is 11.6. The van der Waals surface area contributed by atoms with E-state index in [2.05, 4.69) is 15.9 Å². The van der Waals surface area contributed by atoms with E-state index < -0.39 is 0 Å². The smallest absolute Gasteiger partial charge is 0.138 e. The predicted octanol–water partition coefficient (Wildman–Crippen LogP) is 4.14. The van der Waals surface area contributed by atoms with Gasteiger partial charge in [-0.3, -0.25) is 4.79 Å². The van der Waals surface area contributed by atoms with Gasteiger partial charge in [-0.2, -0.15) is 0 Å². The van der Waals surface area contributed by atoms with Gasteiger partial charge in [0.05, 0.1) is 0 Å². The topological polar surface area (TPSA) is 17.1 Å². The molecule has 0 saturated heterocycles. The number of hydrogen-bond donors (Lipinski definition) is 0. The van der Waals surface area contributed by atoms with E-state index in [0.29, 0.717) is 12.8 Å². The Morgan fingerprint density at radius 2 is 2.00 bits per heavy atom. The molecule has 16 heavy (non-hydrogen) atoms. The van der Waals surface area contributed by atoms with Crippen LogP contribution in [0, 0.1) is 11.2 Å². The van der Waals surface area contributed by atoms with Crippen molar-refractivity contribution in [3.05, 3.63) is 34.1 Å². The van der Waals surface area contributed by atoms with Gasteiger partial charge in [-0.05, 0) is 30.2 Å². The summed E-state index contributed by atoms with van der Waals surface area (Å²) in [6.45, 7) is 5.70. The van der Waals surface area contributed by atoms with Gasteiger partial charge in [0.25, 0.3) is 0 Å². The molecule has 1 aromatic rings. The highest BCUT2D eigenvalue weighted by atomic mass is 79.9. The molecule has 0 saturated carbocycles. The van der Waals surface area contributed by atoms with Crippen LogP contribution in [0.1, 0.15) is 32.8 Å². The van der Waals surface area contributed by atoms with Crippen LogP contribution in [0.15, 0.2) is 22.7 Å². The van der Waals surface area contributed by atoms with Crippen molar-refractivity contribution in [2.75, 3.05) is 0 Å². The van der Waals surface area contributed by atoms with E-state index >= 15 is 0 Å². The second-order valence-electron chi connectivity index (χ2n) is 4.91. The Labute approximate surface area is 104 Å². The monoisotopic (exact) mass is 286 g/mol. The molecule has 1 aromatic carbocycles. The van der Waals surface area contributed by atoms with E-state index in [9.17, 15) is 9.18 Å². The van der Waals surface area contributed by atoms with Gasteiger partial charge in [0.15, 0.2) is 0 Å². The molecule has 0 fully saturated rings. The number of benzene rings is 1. The van der Waals surface area contributed by atoms with Crippen LogP contribution in [0.5, 0.6) is 0 Å². The van der Waals surface area contributed by atoms with Crippen LogP contribution in [0.3, 0.4) is 0 Å². The minimum absolute atomic E-state index is 0.198. The maximum absolute atomic E-state index is 13.0. The Kier molecular flexibility index (Phi) is 4.25. The van der Waals surface area contributed by atoms with Gasteiger partial charge in [-0.25, -0.2) is 4.39 Å². The van der Waals surface area contributed by atoms with Crippen LogP contribution in [0.25, 0.3) is 0 Å². The minimum Gasteiger partial charge on any atom is -0.299 e. The summed E-state index contributed by atoms with van der Waals surface area (Å²) in [5, 5.41) is 0. The molecule has 0 aliphatic carbocycles. The standard InChI is InChI=1S/C13H16BrFO/c1-13(2,3)12(16)7-4-9-8-10(15)5-6-11(9)14/h5-6,8H,4,7H2,1-3H3. The highest BCUT2D eigenvalue weighted by Crippen LogP contribution is 2.22. The minimum atomic E-state index is -0.320. The van der Waals surface area contributed by atoms with Crippen molar-refractivity contribution in [3.8, 4) is 0 Å². The molecule has 0 N–H and O–H groups in total. The molecule has 0 amide bonds. The van der Waals surface area contributed by atoms with Gasteiger partial charge in [-0.15, -0.1) is 0 Å². The van der Waals surface area contributed by atoms with Gasteiger partial charge < -0.3 is 0 Å². The summed E-state index contributed by atoms with van der Waals surface area (Å²) < 4.78 is 13.9. The lowest BCUT2D eigenvalue weighted by molar-refractivity contribution is -0.126. The first-order chi connectivity index (χ1) is 7.30. The molecule has 0 aliphatic rings. The maximum Gasteiger partial charge on any atom is 0.138 e. The van der Waals surface area contributed by atoms with Gasteiger partial charge in [0, 0.05) is 16.3 Å². The van der Waals surface area contributed by atoms with Crippen LogP contribution in [-0.2, 0) is 11.2 Å². The Morgan fingerprint density at radius 3 is 2.56 bits per heavy atom. The summed E-state index contributed by atoms with van der Waals surface area (Å²) in [5.41, 5.74) is 0.525. The molecule has 1 rings (SSSR count). The second-order valence-corrected chi connectivity index (χ2v) is 5.76. The lowest BCUT2D eigenvalue weighted by Crippen LogP contribution is -2.20. The first kappa shape index (κ1) is 13.4. The quantitative estimate of drug-likeness (QED) is 0.816. The Balaban J connectivity index is 2.68. The molecule has 0 aromatic heterocycles. The average molecular weight is 287 g/mol. The molecule has 0 unspecified atom stereocenters. The fourth-order valence-corrected chi connectivity index (χ4v) is 1.80. The van der Waals surface area contributed by atoms with E-state index in [1.807, 2.05) is 20.8 Å². The zero-order valence-electron chi connectivity index (χ0n) is 9.81. The molecule has 3 heteroatoms. The zero-order chi connectivity index (χ0) is 12.3. The number of Topliss-reactive ketones (excluding diaryl/α,β-unsaturated/α-hetero) is 1. The molecule has 0 radical (unpaired) electrons. The molecule has 0 aliphatic heterocycles. The third-order valence-corrected chi connectivity index (χ3v) is 3.24. The number of carbonyl (C=O) groups excluding carboxylic acids is 1. The summed E-state index contributed by atoms with van der Waals surface area (Å²) >= 11 is 3.35. The first-order valence-corrected chi connectivity index (χ1v) is 6.07. The van der Waals surface area contributed by atoms with E-state index in [1.165, 1.54) is 12.1 Å². The van der Waals surface area contributed by atoms with E-state index in [1.54, 1.807) is 6.07 Å². The Bertz CT molecular complexity index is 393. The van der Waals surface area contributed by atoms with Crippen molar-refractivity contribution in [2.24, 2.45) is 5.41 Å². The van der Waals surface area contributed by atoms with Crippen molar-refractivity contribution in [1.82, 2.24) is 0 Å². The largest absolute Gasteiger partial charge is 0.299 e. The molecule has 0 atom stereocenters. The fourth-order valence-electron chi connectivity index (χ4n) is 1.36. The summed E-state index contributed by atoms with van der Waals surface area (Å²) in [7, 11) is 0. The van der Waals surface area contributed by atoms with E-state index in [4.69, 9.17) is 0 Å². The van der Waals surface area contributed by atoms with E-state index in [-0.39, 0.29) is 17.0 Å². The predicted molar refractivity (Wildman–Crippen MR) is 66.9 cm³/mol. The summed E-state index contributed by atoms with van der Waals surface area (Å²) in [4.78, 5) is 11.7. The van der Waals surface area contributed by atoms with Crippen molar-refractivity contribution < 1.29 is 9.18 Å². The fraction of sp³-hybridized carbons (Fsp3) is 0.462. The summed E-state index contributed by atoms with van der Waals surface area (Å²) in [6.07, 6.45) is 1.03. The summed E-state index contributed by atoms with van der Waals surface area (Å²) in [6, 6.07) is 4.55.